The number of fused-ring (bicyclic) bond motifs is 2. The van der Waals surface area contributed by atoms with Gasteiger partial charge in [-0.05, 0) is 24.4 Å². The van der Waals surface area contributed by atoms with Gasteiger partial charge in [0.1, 0.15) is 10.6 Å². The molecule has 5 rings (SSSR count). The molecule has 1 aromatic carbocycles. The average Bonchev–Trinajstić information content (AvgIpc) is 3.49. The molecule has 0 fully saturated rings. The average molecular weight is 480 g/mol. The highest BCUT2D eigenvalue weighted by Crippen LogP contribution is 2.36. The number of thiophene rings is 1. The fourth-order valence-electron chi connectivity index (χ4n) is 4.21. The summed E-state index contributed by atoms with van der Waals surface area (Å²) in [5, 5.41) is 1.86. The molecule has 1 unspecified atom stereocenters. The van der Waals surface area contributed by atoms with E-state index in [0.717, 1.165) is 21.1 Å². The van der Waals surface area contributed by atoms with E-state index in [0.29, 0.717) is 21.7 Å². The largest absolute Gasteiger partial charge is 0.466 e. The Labute approximate surface area is 195 Å². The van der Waals surface area contributed by atoms with Crippen LogP contribution in [0.4, 0.5) is 5.69 Å². The molecular formula is C23H17N3O5S2. The van der Waals surface area contributed by atoms with Crippen LogP contribution in [0.1, 0.15) is 30.3 Å². The van der Waals surface area contributed by atoms with Crippen LogP contribution in [0.3, 0.4) is 0 Å². The van der Waals surface area contributed by atoms with Gasteiger partial charge in [-0.15, -0.1) is 11.3 Å². The van der Waals surface area contributed by atoms with E-state index in [4.69, 9.17) is 4.74 Å². The number of benzene rings is 1. The highest BCUT2D eigenvalue weighted by atomic mass is 32.1. The van der Waals surface area contributed by atoms with Crippen molar-refractivity contribution >= 4 is 51.7 Å². The molecule has 0 saturated heterocycles. The Hall–Kier alpha value is -3.63. The molecule has 33 heavy (non-hydrogen) atoms. The van der Waals surface area contributed by atoms with Gasteiger partial charge in [0.15, 0.2) is 4.80 Å². The van der Waals surface area contributed by atoms with E-state index in [2.05, 4.69) is 4.99 Å². The monoisotopic (exact) mass is 479 g/mol. The number of amides is 2. The molecule has 10 heteroatoms. The minimum atomic E-state index is -0.723. The highest BCUT2D eigenvalue weighted by Gasteiger charge is 2.38. The number of methoxy groups -OCH3 is 1. The number of ether oxygens (including phenoxy) is 1. The molecule has 2 aliphatic heterocycles. The number of hydrogen-bond acceptors (Lipinski definition) is 8. The number of nitrogens with zero attached hydrogens (tertiary/aromatic N) is 3. The number of aromatic nitrogens is 1. The fraction of sp³-hybridized carbons (Fsp3) is 0.174. The standard InChI is InChI=1S/C23H17N3O5S2/c1-11-16(22(30)31-3)18(15-9-6-10-32-15)26-21(29)19(33-23(26)24-11)17-13-7-4-5-8-14(13)25(12(2)27)20(17)28/h4-10,18H,1-3H3/b19-17-. The summed E-state index contributed by atoms with van der Waals surface area (Å²) in [5.41, 5.74) is 1.38. The van der Waals surface area contributed by atoms with Crippen LogP contribution >= 0.6 is 22.7 Å². The molecule has 0 spiro atoms. The third-order valence-corrected chi connectivity index (χ3v) is 7.57. The number of hydrogen-bond donors (Lipinski definition) is 0. The summed E-state index contributed by atoms with van der Waals surface area (Å²) in [6.45, 7) is 3.00. The van der Waals surface area contributed by atoms with E-state index in [-0.39, 0.29) is 15.7 Å². The van der Waals surface area contributed by atoms with E-state index >= 15 is 0 Å². The second-order valence-corrected chi connectivity index (χ2v) is 9.42. The van der Waals surface area contributed by atoms with E-state index in [1.165, 1.54) is 29.9 Å². The molecule has 4 heterocycles. The van der Waals surface area contributed by atoms with Gasteiger partial charge in [0, 0.05) is 17.4 Å². The molecule has 2 aliphatic rings. The SMILES string of the molecule is COC(=O)C1=C(C)N=c2s/c(=C3\C(=O)N(C(C)=O)c4ccccc43)c(=O)n2C1c1cccs1. The van der Waals surface area contributed by atoms with Crippen molar-refractivity contribution in [2.24, 2.45) is 4.99 Å². The Kier molecular flexibility index (Phi) is 4.98. The number of thiazole rings is 1. The van der Waals surface area contributed by atoms with Gasteiger partial charge in [-0.1, -0.05) is 35.6 Å². The van der Waals surface area contributed by atoms with Gasteiger partial charge in [-0.2, -0.15) is 0 Å². The van der Waals surface area contributed by atoms with Gasteiger partial charge >= 0.3 is 5.97 Å². The maximum absolute atomic E-state index is 13.8. The third kappa shape index (κ3) is 3.05. The number of carbonyl (C=O) groups is 3. The first-order chi connectivity index (χ1) is 15.8. The van der Waals surface area contributed by atoms with Gasteiger partial charge in [-0.3, -0.25) is 19.0 Å². The maximum atomic E-state index is 13.8. The predicted octanol–water partition coefficient (Wildman–Crippen LogP) is 1.73. The Balaban J connectivity index is 1.86. The van der Waals surface area contributed by atoms with E-state index in [9.17, 15) is 19.2 Å². The molecule has 0 aliphatic carbocycles. The number of anilines is 1. The van der Waals surface area contributed by atoms with Crippen LogP contribution in [0.15, 0.2) is 62.8 Å². The quantitative estimate of drug-likeness (QED) is 0.522. The van der Waals surface area contributed by atoms with Crippen molar-refractivity contribution in [3.05, 3.63) is 83.2 Å². The van der Waals surface area contributed by atoms with Crippen LogP contribution in [0.5, 0.6) is 0 Å². The third-order valence-electron chi connectivity index (χ3n) is 5.59. The van der Waals surface area contributed by atoms with Crippen LogP contribution < -0.4 is 19.8 Å². The van der Waals surface area contributed by atoms with Crippen LogP contribution in [-0.4, -0.2) is 29.5 Å². The molecule has 166 valence electrons. The topological polar surface area (TPSA) is 98.0 Å². The summed E-state index contributed by atoms with van der Waals surface area (Å²) < 4.78 is 6.60. The van der Waals surface area contributed by atoms with Gasteiger partial charge in [0.2, 0.25) is 5.91 Å². The van der Waals surface area contributed by atoms with Crippen molar-refractivity contribution in [1.82, 2.24) is 4.57 Å². The van der Waals surface area contributed by atoms with Crippen molar-refractivity contribution in [2.45, 2.75) is 19.9 Å². The summed E-state index contributed by atoms with van der Waals surface area (Å²) in [6, 6.07) is 9.82. The second-order valence-electron chi connectivity index (χ2n) is 7.46. The predicted molar refractivity (Wildman–Crippen MR) is 124 cm³/mol. The Morgan fingerprint density at radius 2 is 1.88 bits per heavy atom. The fourth-order valence-corrected chi connectivity index (χ4v) is 6.17. The van der Waals surface area contributed by atoms with Crippen molar-refractivity contribution in [1.29, 1.82) is 0 Å². The number of esters is 1. The number of para-hydroxylation sites is 1. The first kappa shape index (κ1) is 21.2. The summed E-state index contributed by atoms with van der Waals surface area (Å²) in [6.07, 6.45) is 0. The zero-order chi connectivity index (χ0) is 23.4. The summed E-state index contributed by atoms with van der Waals surface area (Å²) in [7, 11) is 1.28. The highest BCUT2D eigenvalue weighted by molar-refractivity contribution is 7.10. The normalized spacial score (nSPS) is 18.7. The lowest BCUT2D eigenvalue weighted by Crippen LogP contribution is -2.40. The Morgan fingerprint density at radius 3 is 2.55 bits per heavy atom. The summed E-state index contributed by atoms with van der Waals surface area (Å²) in [5.74, 6) is -1.56. The molecule has 0 bridgehead atoms. The van der Waals surface area contributed by atoms with Crippen LogP contribution in [0.25, 0.3) is 5.57 Å². The minimum Gasteiger partial charge on any atom is -0.466 e. The molecule has 8 nitrogen and oxygen atoms in total. The lowest BCUT2D eigenvalue weighted by molar-refractivity contribution is -0.136. The zero-order valence-corrected chi connectivity index (χ0v) is 19.5. The second kappa shape index (κ2) is 7.75. The smallest absolute Gasteiger partial charge is 0.338 e. The van der Waals surface area contributed by atoms with Crippen molar-refractivity contribution in [3.63, 3.8) is 0 Å². The zero-order valence-electron chi connectivity index (χ0n) is 17.8. The van der Waals surface area contributed by atoms with Crippen molar-refractivity contribution in [2.75, 3.05) is 12.0 Å². The molecular weight excluding hydrogens is 462 g/mol. The van der Waals surface area contributed by atoms with Gasteiger partial charge in [-0.25, -0.2) is 14.7 Å². The molecule has 2 amide bonds. The van der Waals surface area contributed by atoms with Gasteiger partial charge < -0.3 is 4.74 Å². The van der Waals surface area contributed by atoms with Crippen LogP contribution in [0.2, 0.25) is 0 Å². The van der Waals surface area contributed by atoms with E-state index in [1.54, 1.807) is 31.2 Å². The summed E-state index contributed by atoms with van der Waals surface area (Å²) >= 11 is 2.48. The lowest BCUT2D eigenvalue weighted by atomic mass is 10.0. The van der Waals surface area contributed by atoms with Crippen LogP contribution in [-0.2, 0) is 19.1 Å². The van der Waals surface area contributed by atoms with E-state index in [1.807, 2.05) is 17.5 Å². The molecule has 3 aromatic rings. The van der Waals surface area contributed by atoms with E-state index < -0.39 is 29.4 Å². The molecule has 0 radical (unpaired) electrons. The Bertz CT molecular complexity index is 1560. The first-order valence-electron chi connectivity index (χ1n) is 9.96. The van der Waals surface area contributed by atoms with Crippen molar-refractivity contribution in [3.8, 4) is 0 Å². The number of rotatable bonds is 2. The summed E-state index contributed by atoms with van der Waals surface area (Å²) in [4.78, 5) is 58.6. The molecule has 0 saturated carbocycles. The maximum Gasteiger partial charge on any atom is 0.338 e. The van der Waals surface area contributed by atoms with Gasteiger partial charge in [0.25, 0.3) is 11.5 Å². The van der Waals surface area contributed by atoms with Crippen LogP contribution in [0, 0.1) is 0 Å². The Morgan fingerprint density at radius 1 is 1.12 bits per heavy atom. The minimum absolute atomic E-state index is 0.162. The molecule has 1 atom stereocenters. The lowest BCUT2D eigenvalue weighted by Gasteiger charge is -2.22. The molecule has 0 N–H and O–H groups in total. The number of allylic oxidation sites excluding steroid dienone is 1. The number of imide groups is 1. The first-order valence-corrected chi connectivity index (χ1v) is 11.7. The van der Waals surface area contributed by atoms with Crippen molar-refractivity contribution < 1.29 is 19.1 Å². The molecule has 2 aromatic heterocycles. The number of carbonyl (C=O) groups excluding carboxylic acids is 3. The van der Waals surface area contributed by atoms with Gasteiger partial charge in [0.05, 0.1) is 29.6 Å².